The summed E-state index contributed by atoms with van der Waals surface area (Å²) in [6.07, 6.45) is -10.1. The molecule has 0 saturated heterocycles. The highest BCUT2D eigenvalue weighted by molar-refractivity contribution is 6.15. The van der Waals surface area contributed by atoms with Crippen molar-refractivity contribution in [3.8, 4) is 0 Å². The summed E-state index contributed by atoms with van der Waals surface area (Å²) in [4.78, 5) is 8.55. The van der Waals surface area contributed by atoms with Crippen molar-refractivity contribution in [2.75, 3.05) is 0 Å². The Morgan fingerprint density at radius 1 is 0.750 bits per heavy atom. The van der Waals surface area contributed by atoms with E-state index in [1.165, 1.54) is 13.8 Å². The molecule has 0 aromatic carbocycles. The van der Waals surface area contributed by atoms with Gasteiger partial charge in [0.1, 0.15) is 5.82 Å². The lowest BCUT2D eigenvalue weighted by atomic mass is 9.64. The van der Waals surface area contributed by atoms with E-state index in [-0.39, 0.29) is 12.8 Å². The van der Waals surface area contributed by atoms with Crippen LogP contribution in [0.15, 0.2) is 0 Å². The molecule has 0 aliphatic carbocycles. The van der Waals surface area contributed by atoms with Gasteiger partial charge in [-0.1, -0.05) is 26.7 Å². The quantitative estimate of drug-likeness (QED) is 0.635. The van der Waals surface area contributed by atoms with E-state index in [0.717, 1.165) is 0 Å². The number of halogens is 6. The highest BCUT2D eigenvalue weighted by atomic mass is 19.4. The average molecular weight is 297 g/mol. The van der Waals surface area contributed by atoms with Crippen LogP contribution in [-0.2, 0) is 17.7 Å². The van der Waals surface area contributed by atoms with Crippen molar-refractivity contribution in [3.05, 3.63) is 17.5 Å². The monoisotopic (exact) mass is 297 g/mol. The van der Waals surface area contributed by atoms with Crippen molar-refractivity contribution in [1.82, 2.24) is 15.0 Å². The van der Waals surface area contributed by atoms with Crippen molar-refractivity contribution < 1.29 is 26.3 Å². The molecule has 1 heterocycles. The first-order valence-electron chi connectivity index (χ1n) is 5.64. The van der Waals surface area contributed by atoms with Gasteiger partial charge in [0.25, 0.3) is 0 Å². The maximum absolute atomic E-state index is 12.6. The van der Waals surface area contributed by atoms with Crippen LogP contribution < -0.4 is 0 Å². The van der Waals surface area contributed by atoms with Crippen molar-refractivity contribution >= 4 is 7.85 Å². The molecular formula is C10H10BF6N3. The number of alkyl halides is 6. The molecule has 0 N–H and O–H groups in total. The number of rotatable bonds is 3. The number of nitrogens with zero attached hydrogens (tertiary/aromatic N) is 3. The molecule has 1 rings (SSSR count). The Balaban J connectivity index is 3.54. The van der Waals surface area contributed by atoms with E-state index in [0.29, 0.717) is 0 Å². The average Bonchev–Trinajstić information content (AvgIpc) is 2.35. The van der Waals surface area contributed by atoms with Crippen LogP contribution >= 0.6 is 0 Å². The fourth-order valence-corrected chi connectivity index (χ4v) is 1.42. The zero-order chi connectivity index (χ0) is 15.8. The van der Waals surface area contributed by atoms with E-state index in [1.807, 2.05) is 0 Å². The lowest BCUT2D eigenvalue weighted by Gasteiger charge is -2.26. The summed E-state index contributed by atoms with van der Waals surface area (Å²) in [5, 5.41) is -1.47. The molecule has 1 aromatic rings. The van der Waals surface area contributed by atoms with Crippen molar-refractivity contribution in [3.63, 3.8) is 0 Å². The molecule has 10 heteroatoms. The third kappa shape index (κ3) is 3.40. The van der Waals surface area contributed by atoms with Gasteiger partial charge in [-0.3, -0.25) is 0 Å². The summed E-state index contributed by atoms with van der Waals surface area (Å²) in [6, 6.07) is 0. The van der Waals surface area contributed by atoms with Gasteiger partial charge in [0.2, 0.25) is 11.6 Å². The number of hydrogen-bond donors (Lipinski definition) is 0. The number of aromatic nitrogens is 3. The zero-order valence-electron chi connectivity index (χ0n) is 10.6. The third-order valence-electron chi connectivity index (χ3n) is 2.85. The fourth-order valence-electron chi connectivity index (χ4n) is 1.42. The molecule has 0 aliphatic heterocycles. The van der Waals surface area contributed by atoms with Crippen LogP contribution in [-0.4, -0.2) is 22.8 Å². The Hall–Kier alpha value is -1.35. The summed E-state index contributed by atoms with van der Waals surface area (Å²) < 4.78 is 75.4. The molecule has 0 fully saturated rings. The van der Waals surface area contributed by atoms with Crippen LogP contribution in [0.4, 0.5) is 26.3 Å². The molecule has 0 unspecified atom stereocenters. The van der Waals surface area contributed by atoms with Gasteiger partial charge in [-0.2, -0.15) is 26.3 Å². The lowest BCUT2D eigenvalue weighted by molar-refractivity contribution is -0.155. The Morgan fingerprint density at radius 3 is 1.30 bits per heavy atom. The van der Waals surface area contributed by atoms with E-state index in [4.69, 9.17) is 7.85 Å². The second-order valence-corrected chi connectivity index (χ2v) is 4.16. The van der Waals surface area contributed by atoms with Gasteiger partial charge >= 0.3 is 12.4 Å². The fraction of sp³-hybridized carbons (Fsp3) is 0.700. The molecule has 0 amide bonds. The van der Waals surface area contributed by atoms with Gasteiger partial charge < -0.3 is 0 Å². The van der Waals surface area contributed by atoms with E-state index >= 15 is 0 Å². The van der Waals surface area contributed by atoms with Crippen molar-refractivity contribution in [2.45, 2.75) is 44.4 Å². The maximum Gasteiger partial charge on any atom is 0.451 e. The van der Waals surface area contributed by atoms with Crippen molar-refractivity contribution in [1.29, 1.82) is 0 Å². The molecule has 0 spiro atoms. The smallest absolute Gasteiger partial charge is 0.209 e. The lowest BCUT2D eigenvalue weighted by Crippen LogP contribution is -2.31. The molecular weight excluding hydrogens is 287 g/mol. The molecule has 0 bridgehead atoms. The number of hydrogen-bond acceptors (Lipinski definition) is 3. The molecule has 0 atom stereocenters. The van der Waals surface area contributed by atoms with Crippen LogP contribution in [0, 0.1) is 0 Å². The van der Waals surface area contributed by atoms with Gasteiger partial charge in [0.05, 0.1) is 7.85 Å². The predicted octanol–water partition coefficient (Wildman–Crippen LogP) is 3.09. The molecule has 0 aliphatic rings. The van der Waals surface area contributed by atoms with Gasteiger partial charge in [-0.05, 0) is 5.31 Å². The SMILES string of the molecule is [B]C(CC)(CC)c1nc(C(F)(F)F)nc(C(F)(F)F)n1. The minimum absolute atomic E-state index is 0.0854. The largest absolute Gasteiger partial charge is 0.451 e. The van der Waals surface area contributed by atoms with E-state index in [2.05, 4.69) is 15.0 Å². The second kappa shape index (κ2) is 5.21. The summed E-state index contributed by atoms with van der Waals surface area (Å²) in [6.45, 7) is 3.04. The summed E-state index contributed by atoms with van der Waals surface area (Å²) >= 11 is 0. The minimum Gasteiger partial charge on any atom is -0.209 e. The Morgan fingerprint density at radius 2 is 1.05 bits per heavy atom. The molecule has 1 aromatic heterocycles. The van der Waals surface area contributed by atoms with E-state index in [1.54, 1.807) is 0 Å². The maximum atomic E-state index is 12.6. The van der Waals surface area contributed by atoms with Gasteiger partial charge in [-0.25, -0.2) is 15.0 Å². The molecule has 0 saturated carbocycles. The summed E-state index contributed by atoms with van der Waals surface area (Å²) in [5.41, 5.74) is 0. The Bertz CT molecular complexity index is 449. The second-order valence-electron chi connectivity index (χ2n) is 4.16. The van der Waals surface area contributed by atoms with Crippen molar-refractivity contribution in [2.24, 2.45) is 0 Å². The highest BCUT2D eigenvalue weighted by Crippen LogP contribution is 2.33. The van der Waals surface area contributed by atoms with E-state index < -0.39 is 35.1 Å². The van der Waals surface area contributed by atoms with E-state index in [9.17, 15) is 26.3 Å². The van der Waals surface area contributed by atoms with Crippen LogP contribution in [0.2, 0.25) is 0 Å². The first-order valence-corrected chi connectivity index (χ1v) is 5.64. The first-order chi connectivity index (χ1) is 8.94. The molecule has 2 radical (unpaired) electrons. The van der Waals surface area contributed by atoms with Gasteiger partial charge in [0, 0.05) is 0 Å². The molecule has 20 heavy (non-hydrogen) atoms. The summed E-state index contributed by atoms with van der Waals surface area (Å²) in [7, 11) is 5.75. The van der Waals surface area contributed by atoms with Crippen LogP contribution in [0.3, 0.4) is 0 Å². The topological polar surface area (TPSA) is 38.7 Å². The van der Waals surface area contributed by atoms with Crippen LogP contribution in [0.25, 0.3) is 0 Å². The highest BCUT2D eigenvalue weighted by Gasteiger charge is 2.43. The Labute approximate surface area is 112 Å². The molecule has 110 valence electrons. The zero-order valence-corrected chi connectivity index (χ0v) is 10.6. The first kappa shape index (κ1) is 16.7. The summed E-state index contributed by atoms with van der Waals surface area (Å²) in [5.74, 6) is -4.50. The van der Waals surface area contributed by atoms with Gasteiger partial charge in [0.15, 0.2) is 0 Å². The molecule has 3 nitrogen and oxygen atoms in total. The normalized spacial score (nSPS) is 13.6. The van der Waals surface area contributed by atoms with Crippen LogP contribution in [0.5, 0.6) is 0 Å². The standard InChI is InChI=1S/C10H10BF6N3/c1-3-8(11,4-2)5-18-6(9(12,13)14)20-7(19-5)10(15,16)17/h3-4H2,1-2H3. The third-order valence-corrected chi connectivity index (χ3v) is 2.85. The Kier molecular flexibility index (Phi) is 4.35. The van der Waals surface area contributed by atoms with Gasteiger partial charge in [-0.15, -0.1) is 0 Å². The minimum atomic E-state index is -5.11. The predicted molar refractivity (Wildman–Crippen MR) is 57.8 cm³/mol. The van der Waals surface area contributed by atoms with Crippen LogP contribution in [0.1, 0.15) is 44.2 Å².